The Bertz CT molecular complexity index is 144. The van der Waals surface area contributed by atoms with E-state index in [0.29, 0.717) is 6.04 Å². The molecule has 2 atom stereocenters. The summed E-state index contributed by atoms with van der Waals surface area (Å²) in [6.07, 6.45) is 4.39. The highest BCUT2D eigenvalue weighted by Gasteiger charge is 2.30. The van der Waals surface area contributed by atoms with Crippen LogP contribution in [0.2, 0.25) is 0 Å². The number of ether oxygens (including phenoxy) is 1. The van der Waals surface area contributed by atoms with Crippen molar-refractivity contribution in [2.45, 2.75) is 37.8 Å². The summed E-state index contributed by atoms with van der Waals surface area (Å²) in [5.74, 6) is 0. The molecule has 1 saturated carbocycles. The van der Waals surface area contributed by atoms with Gasteiger partial charge in [0.1, 0.15) is 6.10 Å². The normalized spacial score (nSPS) is 38.2. The monoisotopic (exact) mass is 141 g/mol. The van der Waals surface area contributed by atoms with Crippen molar-refractivity contribution in [1.29, 1.82) is 0 Å². The molecule has 2 fully saturated rings. The second kappa shape index (κ2) is 2.15. The molecule has 3 nitrogen and oxygen atoms in total. The summed E-state index contributed by atoms with van der Waals surface area (Å²) >= 11 is 0. The highest BCUT2D eigenvalue weighted by Crippen LogP contribution is 2.24. The molecule has 2 bridgehead atoms. The van der Waals surface area contributed by atoms with Gasteiger partial charge in [0.25, 0.3) is 0 Å². The van der Waals surface area contributed by atoms with Crippen LogP contribution in [0.3, 0.4) is 0 Å². The Labute approximate surface area is 59.7 Å². The molecule has 3 heteroatoms. The Balaban J connectivity index is 2.05. The van der Waals surface area contributed by atoms with Gasteiger partial charge in [-0.2, -0.15) is 0 Å². The first kappa shape index (κ1) is 6.01. The summed E-state index contributed by atoms with van der Waals surface area (Å²) in [6, 6.07) is 0.403. The maximum absolute atomic E-state index is 10.7. The number of nitrogens with one attached hydrogen (secondary N) is 1. The largest absolute Gasteiger partial charge is 0.446 e. The van der Waals surface area contributed by atoms with E-state index in [-0.39, 0.29) is 12.2 Å². The number of amides is 1. The summed E-state index contributed by atoms with van der Waals surface area (Å²) in [6.45, 7) is 0. The predicted molar refractivity (Wildman–Crippen MR) is 35.7 cm³/mol. The molecular formula is C7H11NO2. The van der Waals surface area contributed by atoms with E-state index >= 15 is 0 Å². The quantitative estimate of drug-likeness (QED) is 0.547. The van der Waals surface area contributed by atoms with Crippen molar-refractivity contribution >= 4 is 6.09 Å². The van der Waals surface area contributed by atoms with Crippen LogP contribution >= 0.6 is 0 Å². The molecular weight excluding hydrogens is 130 g/mol. The molecule has 0 aromatic carbocycles. The molecule has 2 aliphatic rings. The lowest BCUT2D eigenvalue weighted by Crippen LogP contribution is -2.47. The van der Waals surface area contributed by atoms with Crippen LogP contribution in [-0.2, 0) is 4.74 Å². The van der Waals surface area contributed by atoms with E-state index < -0.39 is 0 Å². The molecule has 2 rings (SSSR count). The summed E-state index contributed by atoms with van der Waals surface area (Å²) in [5.41, 5.74) is 0. The maximum atomic E-state index is 10.7. The van der Waals surface area contributed by atoms with Crippen molar-refractivity contribution in [3.05, 3.63) is 0 Å². The molecule has 1 N–H and O–H groups in total. The topological polar surface area (TPSA) is 38.3 Å². The molecule has 0 unspecified atom stereocenters. The van der Waals surface area contributed by atoms with Crippen LogP contribution in [0, 0.1) is 0 Å². The van der Waals surface area contributed by atoms with Crippen LogP contribution in [0.1, 0.15) is 25.7 Å². The van der Waals surface area contributed by atoms with Gasteiger partial charge >= 0.3 is 6.09 Å². The summed E-state index contributed by atoms with van der Waals surface area (Å²) in [4.78, 5) is 10.7. The van der Waals surface area contributed by atoms with Gasteiger partial charge in [0, 0.05) is 12.5 Å². The average Bonchev–Trinajstić information content (AvgIpc) is 1.85. The van der Waals surface area contributed by atoms with Crippen LogP contribution < -0.4 is 5.32 Å². The van der Waals surface area contributed by atoms with E-state index in [1.54, 1.807) is 0 Å². The van der Waals surface area contributed by atoms with Crippen molar-refractivity contribution in [2.75, 3.05) is 0 Å². The molecule has 1 amide bonds. The number of carbonyl (C=O) groups excluding carboxylic acids is 1. The van der Waals surface area contributed by atoms with Crippen LogP contribution in [-0.4, -0.2) is 18.2 Å². The van der Waals surface area contributed by atoms with Gasteiger partial charge in [0.2, 0.25) is 0 Å². The van der Waals surface area contributed by atoms with Crippen molar-refractivity contribution in [3.8, 4) is 0 Å². The highest BCUT2D eigenvalue weighted by molar-refractivity contribution is 5.68. The third-order valence-electron chi connectivity index (χ3n) is 2.22. The lowest BCUT2D eigenvalue weighted by Gasteiger charge is -2.34. The fourth-order valence-corrected chi connectivity index (χ4v) is 1.74. The van der Waals surface area contributed by atoms with Crippen molar-refractivity contribution < 1.29 is 9.53 Å². The van der Waals surface area contributed by atoms with Gasteiger partial charge < -0.3 is 10.1 Å². The molecule has 1 heterocycles. The Morgan fingerprint density at radius 3 is 3.20 bits per heavy atom. The van der Waals surface area contributed by atoms with Gasteiger partial charge in [-0.05, 0) is 19.3 Å². The number of fused-ring (bicyclic) bond motifs is 2. The molecule has 1 aliphatic heterocycles. The zero-order chi connectivity index (χ0) is 6.97. The fraction of sp³-hybridized carbons (Fsp3) is 0.857. The number of alkyl carbamates (subject to hydrolysis) is 1. The average molecular weight is 141 g/mol. The van der Waals surface area contributed by atoms with E-state index in [1.165, 1.54) is 6.42 Å². The molecule has 0 spiro atoms. The predicted octanol–water partition coefficient (Wildman–Crippen LogP) is 1.04. The highest BCUT2D eigenvalue weighted by atomic mass is 16.6. The third-order valence-corrected chi connectivity index (χ3v) is 2.22. The van der Waals surface area contributed by atoms with Crippen LogP contribution in [0.15, 0.2) is 0 Å². The Morgan fingerprint density at radius 1 is 1.50 bits per heavy atom. The van der Waals surface area contributed by atoms with E-state index in [2.05, 4.69) is 5.32 Å². The second-order valence-electron chi connectivity index (χ2n) is 3.04. The fourth-order valence-electron chi connectivity index (χ4n) is 1.74. The van der Waals surface area contributed by atoms with Gasteiger partial charge in [-0.15, -0.1) is 0 Å². The van der Waals surface area contributed by atoms with Crippen LogP contribution in [0.5, 0.6) is 0 Å². The summed E-state index contributed by atoms with van der Waals surface area (Å²) in [7, 11) is 0. The van der Waals surface area contributed by atoms with Gasteiger partial charge in [-0.1, -0.05) is 0 Å². The molecule has 1 saturated heterocycles. The second-order valence-corrected chi connectivity index (χ2v) is 3.04. The van der Waals surface area contributed by atoms with E-state index in [0.717, 1.165) is 19.3 Å². The Hall–Kier alpha value is -0.730. The lowest BCUT2D eigenvalue weighted by molar-refractivity contribution is 0.0355. The number of carbonyl (C=O) groups is 1. The van der Waals surface area contributed by atoms with Gasteiger partial charge in [-0.3, -0.25) is 0 Å². The summed E-state index contributed by atoms with van der Waals surface area (Å²) < 4.78 is 5.01. The minimum atomic E-state index is -0.221. The number of hydrogen-bond donors (Lipinski definition) is 1. The van der Waals surface area contributed by atoms with Crippen LogP contribution in [0.4, 0.5) is 4.79 Å². The molecule has 56 valence electrons. The molecule has 1 aliphatic carbocycles. The SMILES string of the molecule is O=C1N[C@H]2CCC[C@H](C2)O1. The lowest BCUT2D eigenvalue weighted by atomic mass is 9.92. The minimum absolute atomic E-state index is 0.215. The molecule has 0 aromatic heterocycles. The molecule has 0 radical (unpaired) electrons. The maximum Gasteiger partial charge on any atom is 0.407 e. The van der Waals surface area contributed by atoms with Gasteiger partial charge in [0.05, 0.1) is 0 Å². The van der Waals surface area contributed by atoms with Gasteiger partial charge in [0.15, 0.2) is 0 Å². The van der Waals surface area contributed by atoms with Crippen molar-refractivity contribution in [2.24, 2.45) is 0 Å². The molecule has 0 aromatic rings. The smallest absolute Gasteiger partial charge is 0.407 e. The zero-order valence-corrected chi connectivity index (χ0v) is 5.80. The van der Waals surface area contributed by atoms with Crippen LogP contribution in [0.25, 0.3) is 0 Å². The number of hydrogen-bond acceptors (Lipinski definition) is 2. The van der Waals surface area contributed by atoms with Crippen molar-refractivity contribution in [3.63, 3.8) is 0 Å². The first-order chi connectivity index (χ1) is 4.84. The zero-order valence-electron chi connectivity index (χ0n) is 5.80. The first-order valence-corrected chi connectivity index (χ1v) is 3.82. The third kappa shape index (κ3) is 0.958. The summed E-state index contributed by atoms with van der Waals surface area (Å²) in [5, 5.41) is 2.79. The van der Waals surface area contributed by atoms with E-state index in [4.69, 9.17) is 4.74 Å². The first-order valence-electron chi connectivity index (χ1n) is 3.82. The van der Waals surface area contributed by atoms with E-state index in [1.807, 2.05) is 0 Å². The van der Waals surface area contributed by atoms with Crippen molar-refractivity contribution in [1.82, 2.24) is 5.32 Å². The van der Waals surface area contributed by atoms with E-state index in [9.17, 15) is 4.79 Å². The Morgan fingerprint density at radius 2 is 2.40 bits per heavy atom. The minimum Gasteiger partial charge on any atom is -0.446 e. The van der Waals surface area contributed by atoms with Gasteiger partial charge in [-0.25, -0.2) is 4.79 Å². The molecule has 10 heavy (non-hydrogen) atoms. The standard InChI is InChI=1S/C7H11NO2/c9-7-8-5-2-1-3-6(4-5)10-7/h5-6H,1-4H2,(H,8,9)/t5-,6+/m0/s1. The number of rotatable bonds is 0. The Kier molecular flexibility index (Phi) is 1.29.